The Morgan fingerprint density at radius 2 is 1.84 bits per heavy atom. The maximum absolute atomic E-state index is 12.6. The van der Waals surface area contributed by atoms with Gasteiger partial charge in [-0.3, -0.25) is 9.59 Å². The van der Waals surface area contributed by atoms with Crippen LogP contribution in [0.15, 0.2) is 48.5 Å². The van der Waals surface area contributed by atoms with Gasteiger partial charge >= 0.3 is 12.0 Å². The monoisotopic (exact) mass is 440 g/mol. The number of rotatable bonds is 8. The molecule has 1 aromatic heterocycles. The molecule has 162 valence electrons. The van der Waals surface area contributed by atoms with Gasteiger partial charge in [-0.05, 0) is 30.7 Å². The molecule has 1 heterocycles. The second-order valence-corrected chi connectivity index (χ2v) is 7.70. The first-order chi connectivity index (χ1) is 15.0. The van der Waals surface area contributed by atoms with Crippen molar-refractivity contribution in [2.75, 3.05) is 17.2 Å². The third-order valence-electron chi connectivity index (χ3n) is 4.40. The highest BCUT2D eigenvalue weighted by atomic mass is 32.1. The average molecular weight is 441 g/mol. The van der Waals surface area contributed by atoms with E-state index in [4.69, 9.17) is 4.74 Å². The van der Waals surface area contributed by atoms with Gasteiger partial charge in [-0.1, -0.05) is 48.6 Å². The van der Waals surface area contributed by atoms with Crippen LogP contribution in [-0.4, -0.2) is 29.5 Å². The molecule has 0 spiro atoms. The highest BCUT2D eigenvalue weighted by molar-refractivity contribution is 7.22. The van der Waals surface area contributed by atoms with Crippen molar-refractivity contribution in [1.29, 1.82) is 0 Å². The number of ether oxygens (including phenoxy) is 1. The summed E-state index contributed by atoms with van der Waals surface area (Å²) in [7, 11) is 0. The molecule has 0 bridgehead atoms. The number of amides is 3. The van der Waals surface area contributed by atoms with Gasteiger partial charge in [-0.25, -0.2) is 9.78 Å². The zero-order valence-corrected chi connectivity index (χ0v) is 18.1. The maximum Gasteiger partial charge on any atom is 0.319 e. The molecule has 0 aliphatic heterocycles. The third kappa shape index (κ3) is 6.26. The Bertz CT molecular complexity index is 1070. The van der Waals surface area contributed by atoms with Crippen LogP contribution in [-0.2, 0) is 14.3 Å². The van der Waals surface area contributed by atoms with Crippen LogP contribution < -0.4 is 16.0 Å². The molecule has 8 nitrogen and oxygen atoms in total. The van der Waals surface area contributed by atoms with Gasteiger partial charge in [0.1, 0.15) is 0 Å². The highest BCUT2D eigenvalue weighted by Crippen LogP contribution is 2.28. The number of thiazole rings is 1. The van der Waals surface area contributed by atoms with Crippen molar-refractivity contribution in [1.82, 2.24) is 10.3 Å². The Morgan fingerprint density at radius 3 is 2.55 bits per heavy atom. The van der Waals surface area contributed by atoms with Crippen LogP contribution in [0.3, 0.4) is 0 Å². The van der Waals surface area contributed by atoms with Gasteiger partial charge in [-0.15, -0.1) is 0 Å². The number of fused-ring (bicyclic) bond motifs is 1. The highest BCUT2D eigenvalue weighted by Gasteiger charge is 2.19. The molecule has 9 heteroatoms. The van der Waals surface area contributed by atoms with Crippen molar-refractivity contribution in [2.45, 2.75) is 32.7 Å². The number of aromatic nitrogens is 1. The number of anilines is 2. The number of benzene rings is 2. The average Bonchev–Trinajstić information content (AvgIpc) is 3.15. The smallest absolute Gasteiger partial charge is 0.319 e. The SMILES string of the molecule is CCOC(=O)C[C@H](NC(=O)Nc1ccc2nc(NC(=O)CC)sc2c1)c1ccccc1. The summed E-state index contributed by atoms with van der Waals surface area (Å²) < 4.78 is 5.86. The van der Waals surface area contributed by atoms with E-state index in [1.54, 1.807) is 32.0 Å². The lowest BCUT2D eigenvalue weighted by Crippen LogP contribution is -2.34. The molecule has 3 amide bonds. The van der Waals surface area contributed by atoms with Crippen LogP contribution in [0.2, 0.25) is 0 Å². The molecular formula is C22H24N4O4S. The summed E-state index contributed by atoms with van der Waals surface area (Å²) >= 11 is 1.33. The molecule has 3 N–H and O–H groups in total. The summed E-state index contributed by atoms with van der Waals surface area (Å²) in [6, 6.07) is 13.6. The fraction of sp³-hybridized carbons (Fsp3) is 0.273. The number of hydrogen-bond donors (Lipinski definition) is 3. The molecule has 3 rings (SSSR count). The molecule has 0 aliphatic rings. The van der Waals surface area contributed by atoms with E-state index < -0.39 is 12.1 Å². The molecule has 0 saturated heterocycles. The van der Waals surface area contributed by atoms with Gasteiger partial charge in [0.2, 0.25) is 5.91 Å². The molecule has 2 aromatic carbocycles. The van der Waals surface area contributed by atoms with Crippen LogP contribution in [0.4, 0.5) is 15.6 Å². The van der Waals surface area contributed by atoms with Gasteiger partial charge in [0.05, 0.1) is 29.3 Å². The Kier molecular flexibility index (Phi) is 7.55. The van der Waals surface area contributed by atoms with E-state index in [1.165, 1.54) is 11.3 Å². The molecule has 0 saturated carbocycles. The van der Waals surface area contributed by atoms with Gasteiger partial charge in [0.15, 0.2) is 5.13 Å². The summed E-state index contributed by atoms with van der Waals surface area (Å²) in [6.07, 6.45) is 0.400. The molecular weight excluding hydrogens is 416 g/mol. The lowest BCUT2D eigenvalue weighted by Gasteiger charge is -2.19. The van der Waals surface area contributed by atoms with E-state index in [1.807, 2.05) is 30.3 Å². The molecule has 0 aliphatic carbocycles. The number of esters is 1. The number of carbonyl (C=O) groups excluding carboxylic acids is 3. The predicted molar refractivity (Wildman–Crippen MR) is 121 cm³/mol. The fourth-order valence-electron chi connectivity index (χ4n) is 2.91. The van der Waals surface area contributed by atoms with Gasteiger partial charge in [0, 0.05) is 12.1 Å². The summed E-state index contributed by atoms with van der Waals surface area (Å²) in [5, 5.41) is 8.88. The number of nitrogens with zero attached hydrogens (tertiary/aromatic N) is 1. The Labute approximate surface area is 184 Å². The Morgan fingerprint density at radius 1 is 1.06 bits per heavy atom. The lowest BCUT2D eigenvalue weighted by molar-refractivity contribution is -0.143. The second-order valence-electron chi connectivity index (χ2n) is 6.67. The standard InChI is InChI=1S/C22H24N4O4S/c1-3-19(27)26-22-25-16-11-10-15(12-18(16)31-22)23-21(29)24-17(13-20(28)30-4-2)14-8-6-5-7-9-14/h5-12,17H,3-4,13H2,1-2H3,(H2,23,24,29)(H,25,26,27)/t17-/m0/s1. The van der Waals surface area contributed by atoms with E-state index in [-0.39, 0.29) is 24.9 Å². The minimum atomic E-state index is -0.525. The molecule has 0 radical (unpaired) electrons. The summed E-state index contributed by atoms with van der Waals surface area (Å²) in [4.78, 5) is 40.5. The van der Waals surface area contributed by atoms with Gasteiger partial charge in [-0.2, -0.15) is 0 Å². The summed E-state index contributed by atoms with van der Waals surface area (Å²) in [5.74, 6) is -0.491. The molecule has 3 aromatic rings. The first-order valence-corrected chi connectivity index (χ1v) is 10.8. The Balaban J connectivity index is 1.70. The molecule has 31 heavy (non-hydrogen) atoms. The summed E-state index contributed by atoms with van der Waals surface area (Å²) in [5.41, 5.74) is 2.11. The number of nitrogens with one attached hydrogen (secondary N) is 3. The zero-order chi connectivity index (χ0) is 22.2. The fourth-order valence-corrected chi connectivity index (χ4v) is 3.83. The van der Waals surface area contributed by atoms with Crippen LogP contribution in [0.5, 0.6) is 0 Å². The minimum Gasteiger partial charge on any atom is -0.466 e. The van der Waals surface area contributed by atoms with Crippen LogP contribution in [0.25, 0.3) is 10.2 Å². The van der Waals surface area contributed by atoms with Crippen molar-refractivity contribution in [3.05, 3.63) is 54.1 Å². The largest absolute Gasteiger partial charge is 0.466 e. The second kappa shape index (κ2) is 10.5. The Hall–Kier alpha value is -3.46. The van der Waals surface area contributed by atoms with Crippen molar-refractivity contribution in [3.63, 3.8) is 0 Å². The molecule has 0 fully saturated rings. The summed E-state index contributed by atoms with van der Waals surface area (Å²) in [6.45, 7) is 3.79. The van der Waals surface area contributed by atoms with E-state index in [0.29, 0.717) is 17.2 Å². The first kappa shape index (κ1) is 22.2. The quantitative estimate of drug-likeness (QED) is 0.448. The van der Waals surface area contributed by atoms with Crippen molar-refractivity contribution in [3.8, 4) is 0 Å². The molecule has 0 unspecified atom stereocenters. The lowest BCUT2D eigenvalue weighted by atomic mass is 10.0. The van der Waals surface area contributed by atoms with Gasteiger partial charge < -0.3 is 20.7 Å². The third-order valence-corrected chi connectivity index (χ3v) is 5.33. The van der Waals surface area contributed by atoms with Crippen LogP contribution >= 0.6 is 11.3 Å². The van der Waals surface area contributed by atoms with Crippen molar-refractivity contribution in [2.24, 2.45) is 0 Å². The van der Waals surface area contributed by atoms with E-state index in [0.717, 1.165) is 15.8 Å². The minimum absolute atomic E-state index is 0.0274. The number of carbonyl (C=O) groups is 3. The number of hydrogen-bond acceptors (Lipinski definition) is 6. The van der Waals surface area contributed by atoms with E-state index in [2.05, 4.69) is 20.9 Å². The van der Waals surface area contributed by atoms with Crippen LogP contribution in [0, 0.1) is 0 Å². The van der Waals surface area contributed by atoms with Crippen LogP contribution in [0.1, 0.15) is 38.3 Å². The van der Waals surface area contributed by atoms with Crippen molar-refractivity contribution >= 4 is 50.3 Å². The van der Waals surface area contributed by atoms with E-state index in [9.17, 15) is 14.4 Å². The predicted octanol–water partition coefficient (Wildman–Crippen LogP) is 4.46. The molecule has 1 atom stereocenters. The maximum atomic E-state index is 12.6. The number of urea groups is 1. The topological polar surface area (TPSA) is 109 Å². The van der Waals surface area contributed by atoms with E-state index >= 15 is 0 Å². The van der Waals surface area contributed by atoms with Gasteiger partial charge in [0.25, 0.3) is 0 Å². The normalized spacial score (nSPS) is 11.5. The first-order valence-electron chi connectivity index (χ1n) is 9.97. The zero-order valence-electron chi connectivity index (χ0n) is 17.3. The van der Waals surface area contributed by atoms with Crippen molar-refractivity contribution < 1.29 is 19.1 Å².